The fourth-order valence-electron chi connectivity index (χ4n) is 1.30. The first-order chi connectivity index (χ1) is 7.95. The van der Waals surface area contributed by atoms with Gasteiger partial charge in [0.2, 0.25) is 5.91 Å². The number of rotatable bonds is 4. The second-order valence-corrected chi connectivity index (χ2v) is 3.91. The SMILES string of the molecule is CNC(=O)CN(C)c1ccc(C(=O)O)c(Cl)c1. The van der Waals surface area contributed by atoms with E-state index in [1.54, 1.807) is 25.1 Å². The number of nitrogens with zero attached hydrogens (tertiary/aromatic N) is 1. The highest BCUT2D eigenvalue weighted by Crippen LogP contribution is 2.22. The number of nitrogens with one attached hydrogen (secondary N) is 1. The lowest BCUT2D eigenvalue weighted by Crippen LogP contribution is -2.32. The van der Waals surface area contributed by atoms with Gasteiger partial charge in [0.15, 0.2) is 0 Å². The Bertz CT molecular complexity index is 448. The molecule has 1 amide bonds. The van der Waals surface area contributed by atoms with Crippen molar-refractivity contribution in [1.29, 1.82) is 0 Å². The molecule has 0 atom stereocenters. The highest BCUT2D eigenvalue weighted by molar-refractivity contribution is 6.33. The molecule has 0 aromatic heterocycles. The third kappa shape index (κ3) is 3.35. The zero-order chi connectivity index (χ0) is 13.0. The number of likely N-dealkylation sites (N-methyl/N-ethyl adjacent to an activating group) is 2. The third-order valence-corrected chi connectivity index (χ3v) is 2.60. The van der Waals surface area contributed by atoms with Crippen molar-refractivity contribution in [1.82, 2.24) is 5.32 Å². The van der Waals surface area contributed by atoms with Crippen molar-refractivity contribution >= 4 is 29.2 Å². The largest absolute Gasteiger partial charge is 0.478 e. The van der Waals surface area contributed by atoms with Gasteiger partial charge in [0, 0.05) is 19.8 Å². The Morgan fingerprint density at radius 1 is 1.47 bits per heavy atom. The van der Waals surface area contributed by atoms with Crippen LogP contribution in [0.3, 0.4) is 0 Å². The first kappa shape index (κ1) is 13.3. The summed E-state index contributed by atoms with van der Waals surface area (Å²) in [5.41, 5.74) is 0.729. The molecule has 0 heterocycles. The number of carboxylic acids is 1. The van der Waals surface area contributed by atoms with Gasteiger partial charge in [0.25, 0.3) is 0 Å². The van der Waals surface area contributed by atoms with Crippen molar-refractivity contribution in [2.75, 3.05) is 25.5 Å². The molecule has 0 spiro atoms. The summed E-state index contributed by atoms with van der Waals surface area (Å²) in [6, 6.07) is 4.55. The minimum Gasteiger partial charge on any atom is -0.478 e. The van der Waals surface area contributed by atoms with Gasteiger partial charge in [-0.15, -0.1) is 0 Å². The summed E-state index contributed by atoms with van der Waals surface area (Å²) in [7, 11) is 3.28. The molecule has 0 saturated heterocycles. The number of halogens is 1. The highest BCUT2D eigenvalue weighted by atomic mass is 35.5. The van der Waals surface area contributed by atoms with E-state index in [4.69, 9.17) is 16.7 Å². The van der Waals surface area contributed by atoms with Crippen molar-refractivity contribution in [3.05, 3.63) is 28.8 Å². The first-order valence-corrected chi connectivity index (χ1v) is 5.28. The lowest BCUT2D eigenvalue weighted by Gasteiger charge is -2.18. The number of hydrogen-bond donors (Lipinski definition) is 2. The molecule has 1 aromatic rings. The molecule has 0 unspecified atom stereocenters. The van der Waals surface area contributed by atoms with Gasteiger partial charge in [-0.2, -0.15) is 0 Å². The molecule has 17 heavy (non-hydrogen) atoms. The van der Waals surface area contributed by atoms with E-state index in [1.807, 2.05) is 0 Å². The molecule has 0 bridgehead atoms. The number of anilines is 1. The monoisotopic (exact) mass is 256 g/mol. The Morgan fingerprint density at radius 3 is 2.59 bits per heavy atom. The Labute approximate surface area is 104 Å². The van der Waals surface area contributed by atoms with E-state index in [2.05, 4.69) is 5.32 Å². The predicted octanol–water partition coefficient (Wildman–Crippen LogP) is 1.22. The second-order valence-electron chi connectivity index (χ2n) is 3.50. The summed E-state index contributed by atoms with van der Waals surface area (Å²) >= 11 is 5.83. The van der Waals surface area contributed by atoms with Gasteiger partial charge in [-0.05, 0) is 18.2 Å². The van der Waals surface area contributed by atoms with E-state index >= 15 is 0 Å². The van der Waals surface area contributed by atoms with Crippen molar-refractivity contribution < 1.29 is 14.7 Å². The molecule has 0 aliphatic carbocycles. The number of benzene rings is 1. The van der Waals surface area contributed by atoms with E-state index in [1.165, 1.54) is 12.1 Å². The quantitative estimate of drug-likeness (QED) is 0.850. The van der Waals surface area contributed by atoms with Crippen molar-refractivity contribution in [3.8, 4) is 0 Å². The minimum absolute atomic E-state index is 0.0451. The van der Waals surface area contributed by atoms with E-state index in [0.29, 0.717) is 5.69 Å². The zero-order valence-corrected chi connectivity index (χ0v) is 10.3. The number of hydrogen-bond acceptors (Lipinski definition) is 3. The fraction of sp³-hybridized carbons (Fsp3) is 0.273. The molecule has 0 aliphatic heterocycles. The van der Waals surface area contributed by atoms with Gasteiger partial charge in [-0.25, -0.2) is 4.79 Å². The van der Waals surface area contributed by atoms with Gasteiger partial charge in [0.1, 0.15) is 0 Å². The molecule has 1 rings (SSSR count). The second kappa shape index (κ2) is 5.54. The van der Waals surface area contributed by atoms with Gasteiger partial charge in [0.05, 0.1) is 17.1 Å². The van der Waals surface area contributed by atoms with Crippen LogP contribution in [-0.4, -0.2) is 37.6 Å². The summed E-state index contributed by atoms with van der Waals surface area (Å²) in [6.45, 7) is 0.180. The molecule has 6 heteroatoms. The average molecular weight is 257 g/mol. The predicted molar refractivity (Wildman–Crippen MR) is 65.7 cm³/mol. The topological polar surface area (TPSA) is 69.6 Å². The third-order valence-electron chi connectivity index (χ3n) is 2.28. The molecule has 0 radical (unpaired) electrons. The lowest BCUT2D eigenvalue weighted by atomic mass is 10.2. The molecule has 5 nitrogen and oxygen atoms in total. The number of carboxylic acid groups (broad SMARTS) is 1. The van der Waals surface area contributed by atoms with Gasteiger partial charge >= 0.3 is 5.97 Å². The summed E-state index contributed by atoms with van der Waals surface area (Å²) < 4.78 is 0. The number of aromatic carboxylic acids is 1. The molecule has 1 aromatic carbocycles. The van der Waals surface area contributed by atoms with Crippen molar-refractivity contribution in [2.45, 2.75) is 0 Å². The maximum Gasteiger partial charge on any atom is 0.337 e. The Kier molecular flexibility index (Phi) is 4.34. The number of carbonyl (C=O) groups is 2. The van der Waals surface area contributed by atoms with E-state index < -0.39 is 5.97 Å². The van der Waals surface area contributed by atoms with Crippen LogP contribution in [0.15, 0.2) is 18.2 Å². The maximum atomic E-state index is 11.2. The highest BCUT2D eigenvalue weighted by Gasteiger charge is 2.11. The molecule has 0 aliphatic rings. The van der Waals surface area contributed by atoms with Crippen LogP contribution in [0, 0.1) is 0 Å². The Balaban J connectivity index is 2.89. The van der Waals surface area contributed by atoms with Crippen LogP contribution in [-0.2, 0) is 4.79 Å². The van der Waals surface area contributed by atoms with E-state index in [9.17, 15) is 9.59 Å². The summed E-state index contributed by atoms with van der Waals surface area (Å²) in [6.07, 6.45) is 0. The standard InChI is InChI=1S/C11H13ClN2O3/c1-13-10(15)6-14(2)7-3-4-8(11(16)17)9(12)5-7/h3-5H,6H2,1-2H3,(H,13,15)(H,16,17). The first-order valence-electron chi connectivity index (χ1n) is 4.90. The van der Waals surface area contributed by atoms with Crippen molar-refractivity contribution in [3.63, 3.8) is 0 Å². The Morgan fingerprint density at radius 2 is 2.12 bits per heavy atom. The summed E-state index contributed by atoms with van der Waals surface area (Å²) in [5, 5.41) is 11.5. The van der Waals surface area contributed by atoms with Crippen LogP contribution in [0.2, 0.25) is 5.02 Å². The normalized spacial score (nSPS) is 9.82. The van der Waals surface area contributed by atoms with Crippen LogP contribution in [0.4, 0.5) is 5.69 Å². The summed E-state index contributed by atoms with van der Waals surface area (Å²) in [4.78, 5) is 23.6. The Hall–Kier alpha value is -1.75. The molecule has 0 saturated carbocycles. The molecule has 0 fully saturated rings. The van der Waals surface area contributed by atoms with Crippen molar-refractivity contribution in [2.24, 2.45) is 0 Å². The van der Waals surface area contributed by atoms with Gasteiger partial charge in [-0.3, -0.25) is 4.79 Å². The van der Waals surface area contributed by atoms with Crippen LogP contribution in [0.5, 0.6) is 0 Å². The smallest absolute Gasteiger partial charge is 0.337 e. The van der Waals surface area contributed by atoms with E-state index in [-0.39, 0.29) is 23.0 Å². The van der Waals surface area contributed by atoms with Crippen LogP contribution in [0.1, 0.15) is 10.4 Å². The fourth-order valence-corrected chi connectivity index (χ4v) is 1.56. The number of carbonyl (C=O) groups excluding carboxylic acids is 1. The zero-order valence-electron chi connectivity index (χ0n) is 9.53. The van der Waals surface area contributed by atoms with Crippen LogP contribution in [0.25, 0.3) is 0 Å². The van der Waals surface area contributed by atoms with Gasteiger partial charge < -0.3 is 15.3 Å². The molecule has 2 N–H and O–H groups in total. The number of amides is 1. The molecular formula is C11H13ClN2O3. The molecular weight excluding hydrogens is 244 g/mol. The van der Waals surface area contributed by atoms with E-state index in [0.717, 1.165) is 0 Å². The lowest BCUT2D eigenvalue weighted by molar-refractivity contribution is -0.119. The maximum absolute atomic E-state index is 11.2. The van der Waals surface area contributed by atoms with Gasteiger partial charge in [-0.1, -0.05) is 11.6 Å². The minimum atomic E-state index is -1.07. The van der Waals surface area contributed by atoms with Crippen LogP contribution >= 0.6 is 11.6 Å². The molecule has 92 valence electrons. The summed E-state index contributed by atoms with van der Waals surface area (Å²) in [5.74, 6) is -1.21. The average Bonchev–Trinajstić information content (AvgIpc) is 2.28. The van der Waals surface area contributed by atoms with Crippen LogP contribution < -0.4 is 10.2 Å².